The summed E-state index contributed by atoms with van der Waals surface area (Å²) in [6, 6.07) is -3.39. The first kappa shape index (κ1) is 21.5. The second kappa shape index (κ2) is 11.1. The molecule has 0 fully saturated rings. The maximum absolute atomic E-state index is 11.9. The summed E-state index contributed by atoms with van der Waals surface area (Å²) in [7, 11) is 1.54. The Bertz CT molecular complexity index is 483. The van der Waals surface area contributed by atoms with Crippen molar-refractivity contribution >= 4 is 29.9 Å². The van der Waals surface area contributed by atoms with E-state index in [4.69, 9.17) is 10.8 Å². The maximum atomic E-state index is 11.9. The Kier molecular flexibility index (Phi) is 9.91. The van der Waals surface area contributed by atoms with Crippen LogP contribution in [0.2, 0.25) is 0 Å². The van der Waals surface area contributed by atoms with Gasteiger partial charge in [-0.2, -0.15) is 0 Å². The minimum Gasteiger partial charge on any atom is -0.394 e. The largest absolute Gasteiger partial charge is 0.394 e. The van der Waals surface area contributed by atoms with Gasteiger partial charge >= 0.3 is 0 Å². The van der Waals surface area contributed by atoms with Gasteiger partial charge in [-0.1, -0.05) is 0 Å². The van der Waals surface area contributed by atoms with Crippen LogP contribution in [0.15, 0.2) is 0 Å². The highest BCUT2D eigenvalue weighted by Crippen LogP contribution is 1.92. The Labute approximate surface area is 138 Å². The Hall–Kier alpha value is -2.53. The zero-order valence-corrected chi connectivity index (χ0v) is 13.5. The molecule has 7 N–H and O–H groups in total. The molecule has 4 amide bonds. The van der Waals surface area contributed by atoms with Crippen molar-refractivity contribution in [2.75, 3.05) is 20.2 Å². The molecule has 0 saturated heterocycles. The van der Waals surface area contributed by atoms with Crippen molar-refractivity contribution in [3.8, 4) is 0 Å². The van der Waals surface area contributed by atoms with Gasteiger partial charge in [0, 0.05) is 0 Å². The number of carbonyl (C=O) groups is 5. The van der Waals surface area contributed by atoms with Crippen LogP contribution < -0.4 is 27.0 Å². The van der Waals surface area contributed by atoms with E-state index in [2.05, 4.69) is 21.3 Å². The molecule has 0 aromatic heterocycles. The summed E-state index contributed by atoms with van der Waals surface area (Å²) in [6.07, 6.45) is -0.0130. The predicted octanol–water partition coefficient (Wildman–Crippen LogP) is -4.25. The fraction of sp³-hybridized carbons (Fsp3) is 0.615. The van der Waals surface area contributed by atoms with E-state index in [1.54, 1.807) is 0 Å². The maximum Gasteiger partial charge on any atom is 0.245 e. The van der Waals surface area contributed by atoms with Gasteiger partial charge in [-0.15, -0.1) is 0 Å². The van der Waals surface area contributed by atoms with Crippen LogP contribution in [-0.2, 0) is 24.0 Å². The summed E-state index contributed by atoms with van der Waals surface area (Å²) in [5.41, 5.74) is 4.94. The van der Waals surface area contributed by atoms with Gasteiger partial charge in [-0.05, 0) is 14.0 Å². The molecule has 0 aromatic carbocycles. The molecule has 0 spiro atoms. The van der Waals surface area contributed by atoms with Gasteiger partial charge in [0.25, 0.3) is 0 Å². The van der Waals surface area contributed by atoms with Crippen LogP contribution >= 0.6 is 0 Å². The summed E-state index contributed by atoms with van der Waals surface area (Å²) >= 11 is 0. The van der Waals surface area contributed by atoms with Crippen molar-refractivity contribution in [2.45, 2.75) is 31.5 Å². The molecule has 0 aliphatic heterocycles. The van der Waals surface area contributed by atoms with E-state index in [1.165, 1.54) is 14.0 Å². The van der Waals surface area contributed by atoms with E-state index in [1.807, 2.05) is 0 Å². The quantitative estimate of drug-likeness (QED) is 0.205. The third-order valence-corrected chi connectivity index (χ3v) is 2.84. The molecular weight excluding hydrogens is 322 g/mol. The van der Waals surface area contributed by atoms with Crippen molar-refractivity contribution in [1.82, 2.24) is 21.3 Å². The van der Waals surface area contributed by atoms with E-state index in [-0.39, 0.29) is 13.0 Å². The molecule has 0 aromatic rings. The number of aliphatic hydroxyl groups is 1. The topological polar surface area (TPSA) is 180 Å². The van der Waals surface area contributed by atoms with Gasteiger partial charge in [0.15, 0.2) is 0 Å². The molecule has 11 nitrogen and oxygen atoms in total. The molecule has 0 aliphatic rings. The summed E-state index contributed by atoms with van der Waals surface area (Å²) in [5, 5.41) is 18.5. The van der Waals surface area contributed by atoms with Gasteiger partial charge in [0.05, 0.1) is 25.6 Å². The van der Waals surface area contributed by atoms with E-state index in [0.717, 1.165) is 0 Å². The Morgan fingerprint density at radius 2 is 1.75 bits per heavy atom. The number of nitrogens with one attached hydrogen (secondary N) is 4. The lowest BCUT2D eigenvalue weighted by molar-refractivity contribution is -0.133. The lowest BCUT2D eigenvalue weighted by Gasteiger charge is -2.20. The third kappa shape index (κ3) is 8.19. The van der Waals surface area contributed by atoms with Crippen molar-refractivity contribution in [3.63, 3.8) is 0 Å². The Balaban J connectivity index is 4.59. The third-order valence-electron chi connectivity index (χ3n) is 2.84. The zero-order chi connectivity index (χ0) is 18.7. The number of likely N-dealkylation sites (N-methyl/N-ethyl adjacent to an activating group) is 1. The normalized spacial score (nSPS) is 14.0. The van der Waals surface area contributed by atoms with Gasteiger partial charge in [0.1, 0.15) is 18.4 Å². The van der Waals surface area contributed by atoms with Gasteiger partial charge in [-0.3, -0.25) is 19.2 Å². The fourth-order valence-electron chi connectivity index (χ4n) is 1.64. The first-order valence-corrected chi connectivity index (χ1v) is 7.14. The number of primary amides is 1. The molecule has 0 rings (SSSR count). The number of amides is 4. The average molecular weight is 345 g/mol. The van der Waals surface area contributed by atoms with Crippen LogP contribution in [0, 0.1) is 0 Å². The van der Waals surface area contributed by atoms with Gasteiger partial charge in [-0.25, -0.2) is 0 Å². The minimum absolute atomic E-state index is 0.0477. The standard InChI is InChI=1S/C13H23N5O6/c1-7(12(23)17-8(5-19)3-10(14)21)16-13(24)9(6-20)18-11(22)4-15-2/h5,7-9,15,20H,3-4,6H2,1-2H3,(H2,14,21)(H,16,24)(H,17,23)(H,18,22)/t7-,8-,9-/m0/s1. The second-order valence-corrected chi connectivity index (χ2v) is 4.98. The van der Waals surface area contributed by atoms with Crippen molar-refractivity contribution in [2.24, 2.45) is 5.73 Å². The smallest absolute Gasteiger partial charge is 0.245 e. The van der Waals surface area contributed by atoms with Crippen molar-refractivity contribution < 1.29 is 29.1 Å². The van der Waals surface area contributed by atoms with Crippen LogP contribution in [0.25, 0.3) is 0 Å². The predicted molar refractivity (Wildman–Crippen MR) is 82.4 cm³/mol. The molecule has 136 valence electrons. The van der Waals surface area contributed by atoms with Crippen LogP contribution in [-0.4, -0.2) is 73.3 Å². The zero-order valence-electron chi connectivity index (χ0n) is 13.5. The number of carbonyl (C=O) groups excluding carboxylic acids is 5. The molecule has 11 heteroatoms. The van der Waals surface area contributed by atoms with E-state index in [0.29, 0.717) is 6.29 Å². The monoisotopic (exact) mass is 345 g/mol. The number of nitrogens with two attached hydrogens (primary N) is 1. The highest BCUT2D eigenvalue weighted by atomic mass is 16.3. The SMILES string of the molecule is CNCC(=O)N[C@@H](CO)C(=O)N[C@@H](C)C(=O)N[C@H](C=O)CC(N)=O. The molecule has 0 bridgehead atoms. The number of hydrogen-bond acceptors (Lipinski definition) is 7. The number of rotatable bonds is 11. The van der Waals surface area contributed by atoms with E-state index < -0.39 is 48.4 Å². The molecule has 3 atom stereocenters. The summed E-state index contributed by atoms with van der Waals surface area (Å²) in [6.45, 7) is 0.630. The van der Waals surface area contributed by atoms with Crippen LogP contribution in [0.5, 0.6) is 0 Å². The van der Waals surface area contributed by atoms with Crippen LogP contribution in [0.3, 0.4) is 0 Å². The van der Waals surface area contributed by atoms with Crippen molar-refractivity contribution in [1.29, 1.82) is 0 Å². The Morgan fingerprint density at radius 1 is 1.12 bits per heavy atom. The molecule has 0 saturated carbocycles. The fourth-order valence-corrected chi connectivity index (χ4v) is 1.64. The Morgan fingerprint density at radius 3 is 2.21 bits per heavy atom. The van der Waals surface area contributed by atoms with Gasteiger partial charge in [0.2, 0.25) is 23.6 Å². The number of aliphatic hydroxyl groups excluding tert-OH is 1. The summed E-state index contributed by atoms with van der Waals surface area (Å²) in [5.74, 6) is -2.77. The van der Waals surface area contributed by atoms with E-state index >= 15 is 0 Å². The highest BCUT2D eigenvalue weighted by Gasteiger charge is 2.25. The molecule has 0 aliphatic carbocycles. The first-order chi connectivity index (χ1) is 11.2. The molecule has 0 radical (unpaired) electrons. The lowest BCUT2D eigenvalue weighted by atomic mass is 10.2. The summed E-state index contributed by atoms with van der Waals surface area (Å²) < 4.78 is 0. The molecule has 0 unspecified atom stereocenters. The highest BCUT2D eigenvalue weighted by molar-refractivity contribution is 5.93. The van der Waals surface area contributed by atoms with Crippen molar-refractivity contribution in [3.05, 3.63) is 0 Å². The lowest BCUT2D eigenvalue weighted by Crippen LogP contribution is -2.56. The molecule has 24 heavy (non-hydrogen) atoms. The number of hydrogen-bond donors (Lipinski definition) is 6. The van der Waals surface area contributed by atoms with Gasteiger partial charge < -0.3 is 36.9 Å². The van der Waals surface area contributed by atoms with E-state index in [9.17, 15) is 24.0 Å². The van der Waals surface area contributed by atoms with Crippen LogP contribution in [0.1, 0.15) is 13.3 Å². The second-order valence-electron chi connectivity index (χ2n) is 4.98. The summed E-state index contributed by atoms with van der Waals surface area (Å²) in [4.78, 5) is 56.7. The molecule has 0 heterocycles. The van der Waals surface area contributed by atoms with Crippen LogP contribution in [0.4, 0.5) is 0 Å². The minimum atomic E-state index is -1.23. The first-order valence-electron chi connectivity index (χ1n) is 7.14. The average Bonchev–Trinajstić information content (AvgIpc) is 2.51. The molecular formula is C13H23N5O6. The number of aldehydes is 1.